The molecule has 3 aromatic rings. The van der Waals surface area contributed by atoms with Gasteiger partial charge in [-0.3, -0.25) is 0 Å². The van der Waals surface area contributed by atoms with E-state index in [9.17, 15) is 0 Å². The monoisotopic (exact) mass is 436 g/mol. The Morgan fingerprint density at radius 1 is 1.00 bits per heavy atom. The Morgan fingerprint density at radius 3 is 2.43 bits per heavy atom. The Kier molecular flexibility index (Phi) is 4.65. The fraction of sp³-hybridized carbons (Fsp3) is 0.130. The van der Waals surface area contributed by atoms with Crippen LogP contribution in [0.2, 0.25) is 0 Å². The molecule has 1 aromatic heterocycles. The number of fused-ring (bicyclic) bond motifs is 2. The summed E-state index contributed by atoms with van der Waals surface area (Å²) in [6.07, 6.45) is 3.58. The van der Waals surface area contributed by atoms with Gasteiger partial charge in [-0.1, -0.05) is 53.5 Å². The Labute approximate surface area is 184 Å². The molecular weight excluding hydrogens is 419 g/mol. The molecule has 0 saturated carbocycles. The van der Waals surface area contributed by atoms with Crippen molar-refractivity contribution in [2.24, 2.45) is 4.99 Å². The van der Waals surface area contributed by atoms with Crippen molar-refractivity contribution in [2.75, 3.05) is 7.11 Å². The van der Waals surface area contributed by atoms with Crippen molar-refractivity contribution in [3.63, 3.8) is 0 Å². The fourth-order valence-electron chi connectivity index (χ4n) is 3.91. The quantitative estimate of drug-likeness (QED) is 0.517. The summed E-state index contributed by atoms with van der Waals surface area (Å²) < 4.78 is 7.21. The maximum absolute atomic E-state index is 6.57. The number of hydrogen-bond acceptors (Lipinski definition) is 4. The van der Waals surface area contributed by atoms with Gasteiger partial charge in [0.1, 0.15) is 5.75 Å². The summed E-state index contributed by atoms with van der Waals surface area (Å²) in [6, 6.07) is 17.8. The summed E-state index contributed by atoms with van der Waals surface area (Å²) in [5, 5.41) is 5.86. The summed E-state index contributed by atoms with van der Waals surface area (Å²) in [5.74, 6) is 2.21. The number of allylic oxidation sites excluding steroid dienone is 2. The lowest BCUT2D eigenvalue weighted by molar-refractivity contribution is 0.413. The first-order chi connectivity index (χ1) is 14.6. The van der Waals surface area contributed by atoms with Crippen molar-refractivity contribution in [2.45, 2.75) is 13.0 Å². The molecule has 0 amide bonds. The zero-order valence-electron chi connectivity index (χ0n) is 16.4. The van der Waals surface area contributed by atoms with Gasteiger partial charge in [0, 0.05) is 11.8 Å². The molecule has 0 aliphatic carbocycles. The molecule has 0 unspecified atom stereocenters. The van der Waals surface area contributed by atoms with Gasteiger partial charge in [0.05, 0.1) is 34.6 Å². The van der Waals surface area contributed by atoms with E-state index in [1.165, 1.54) is 0 Å². The van der Waals surface area contributed by atoms with Crippen molar-refractivity contribution in [3.8, 4) is 11.4 Å². The number of amidine groups is 1. The maximum Gasteiger partial charge on any atom is 0.164 e. The van der Waals surface area contributed by atoms with E-state index < -0.39 is 0 Å². The minimum atomic E-state index is -0.174. The van der Waals surface area contributed by atoms with Crippen LogP contribution >= 0.6 is 23.2 Å². The standard InChI is InChI=1S/C23H18Cl2N4O/c1-14-20-21(15-8-10-18(30-2)11-9-15)28-13-16(24)12-19(25)22(28)26-23(20)29(27-14)17-6-4-3-5-7-17/h3-13,21H,1-2H3/t21-/m1/s1. The lowest BCUT2D eigenvalue weighted by Crippen LogP contribution is -2.35. The van der Waals surface area contributed by atoms with Gasteiger partial charge in [-0.25, -0.2) is 9.67 Å². The van der Waals surface area contributed by atoms with Crippen LogP contribution in [-0.4, -0.2) is 27.6 Å². The third-order valence-electron chi connectivity index (χ3n) is 5.26. The van der Waals surface area contributed by atoms with E-state index in [2.05, 4.69) is 0 Å². The van der Waals surface area contributed by atoms with Crippen LogP contribution in [0.3, 0.4) is 0 Å². The van der Waals surface area contributed by atoms with E-state index >= 15 is 0 Å². The normalized spacial score (nSPS) is 17.5. The predicted molar refractivity (Wildman–Crippen MR) is 120 cm³/mol. The van der Waals surface area contributed by atoms with Crippen LogP contribution in [0.4, 0.5) is 5.82 Å². The third-order valence-corrected chi connectivity index (χ3v) is 5.75. The molecule has 2 aromatic carbocycles. The molecular formula is C23H18Cl2N4O. The van der Waals surface area contributed by atoms with Crippen molar-refractivity contribution in [3.05, 3.63) is 93.8 Å². The zero-order chi connectivity index (χ0) is 20.8. The minimum absolute atomic E-state index is 0.174. The molecule has 5 rings (SSSR count). The number of halogens is 2. The fourth-order valence-corrected chi connectivity index (χ4v) is 4.43. The van der Waals surface area contributed by atoms with Crippen molar-refractivity contribution in [1.82, 2.24) is 14.7 Å². The van der Waals surface area contributed by atoms with E-state index in [-0.39, 0.29) is 6.04 Å². The van der Waals surface area contributed by atoms with Crippen LogP contribution in [0, 0.1) is 6.92 Å². The molecule has 5 nitrogen and oxygen atoms in total. The van der Waals surface area contributed by atoms with E-state index in [0.717, 1.165) is 34.1 Å². The summed E-state index contributed by atoms with van der Waals surface area (Å²) in [4.78, 5) is 6.92. The molecule has 1 atom stereocenters. The SMILES string of the molecule is COc1ccc([C@@H]2c3c(C)nn(-c4ccccc4)c3N=C3C(Cl)=CC(Cl)=CN32)cc1. The summed E-state index contributed by atoms with van der Waals surface area (Å²) in [7, 11) is 1.66. The second kappa shape index (κ2) is 7.35. The van der Waals surface area contributed by atoms with Crippen molar-refractivity contribution < 1.29 is 4.74 Å². The number of ether oxygens (including phenoxy) is 1. The average molecular weight is 437 g/mol. The van der Waals surface area contributed by atoms with Gasteiger partial charge in [-0.15, -0.1) is 0 Å². The number of para-hydroxylation sites is 1. The summed E-state index contributed by atoms with van der Waals surface area (Å²) in [6.45, 7) is 2.00. The molecule has 0 spiro atoms. The number of methoxy groups -OCH3 is 1. The highest BCUT2D eigenvalue weighted by Gasteiger charge is 2.37. The van der Waals surface area contributed by atoms with E-state index in [4.69, 9.17) is 38.0 Å². The lowest BCUT2D eigenvalue weighted by Gasteiger charge is -2.37. The smallest absolute Gasteiger partial charge is 0.164 e. The van der Waals surface area contributed by atoms with Crippen molar-refractivity contribution in [1.29, 1.82) is 0 Å². The van der Waals surface area contributed by atoms with Gasteiger partial charge in [-0.05, 0) is 42.8 Å². The van der Waals surface area contributed by atoms with Crippen LogP contribution in [-0.2, 0) is 0 Å². The second-order valence-corrected chi connectivity index (χ2v) is 7.94. The lowest BCUT2D eigenvalue weighted by atomic mass is 9.94. The van der Waals surface area contributed by atoms with Gasteiger partial charge in [0.15, 0.2) is 11.7 Å². The first-order valence-corrected chi connectivity index (χ1v) is 10.2. The van der Waals surface area contributed by atoms with E-state index in [1.54, 1.807) is 13.2 Å². The van der Waals surface area contributed by atoms with Gasteiger partial charge in [-0.2, -0.15) is 5.10 Å². The maximum atomic E-state index is 6.57. The number of nitrogens with zero attached hydrogens (tertiary/aromatic N) is 4. The highest BCUT2D eigenvalue weighted by Crippen LogP contribution is 2.45. The van der Waals surface area contributed by atoms with Crippen LogP contribution in [0.25, 0.3) is 5.69 Å². The molecule has 2 aliphatic rings. The molecule has 3 heterocycles. The summed E-state index contributed by atoms with van der Waals surface area (Å²) >= 11 is 12.9. The third kappa shape index (κ3) is 3.02. The highest BCUT2D eigenvalue weighted by molar-refractivity contribution is 6.45. The highest BCUT2D eigenvalue weighted by atomic mass is 35.5. The molecule has 150 valence electrons. The van der Waals surface area contributed by atoms with E-state index in [0.29, 0.717) is 15.9 Å². The van der Waals surface area contributed by atoms with Gasteiger partial charge in [0.2, 0.25) is 0 Å². The molecule has 30 heavy (non-hydrogen) atoms. The number of rotatable bonds is 3. The zero-order valence-corrected chi connectivity index (χ0v) is 17.9. The Bertz CT molecular complexity index is 1210. The van der Waals surface area contributed by atoms with Crippen LogP contribution in [0.5, 0.6) is 5.75 Å². The number of aryl methyl sites for hydroxylation is 1. The number of hydrogen-bond donors (Lipinski definition) is 0. The first kappa shape index (κ1) is 19.0. The van der Waals surface area contributed by atoms with Gasteiger partial charge >= 0.3 is 0 Å². The van der Waals surface area contributed by atoms with E-state index in [1.807, 2.05) is 77.3 Å². The average Bonchev–Trinajstić information content (AvgIpc) is 3.09. The molecule has 0 N–H and O–H groups in total. The molecule has 0 saturated heterocycles. The van der Waals surface area contributed by atoms with Crippen LogP contribution in [0.1, 0.15) is 22.9 Å². The molecule has 0 bridgehead atoms. The van der Waals surface area contributed by atoms with Crippen LogP contribution in [0.15, 0.2) is 81.9 Å². The number of aromatic nitrogens is 2. The predicted octanol–water partition coefficient (Wildman–Crippen LogP) is 5.84. The molecule has 7 heteroatoms. The molecule has 2 aliphatic heterocycles. The topological polar surface area (TPSA) is 42.6 Å². The number of aliphatic imine (C=N–C) groups is 1. The number of benzene rings is 2. The molecule has 0 fully saturated rings. The van der Waals surface area contributed by atoms with Crippen molar-refractivity contribution >= 4 is 34.9 Å². The van der Waals surface area contributed by atoms with Gasteiger partial charge < -0.3 is 9.64 Å². The van der Waals surface area contributed by atoms with Gasteiger partial charge in [0.25, 0.3) is 0 Å². The Morgan fingerprint density at radius 2 is 1.73 bits per heavy atom. The Balaban J connectivity index is 1.76. The largest absolute Gasteiger partial charge is 0.497 e. The summed E-state index contributed by atoms with van der Waals surface area (Å²) in [5.41, 5.74) is 3.91. The second-order valence-electron chi connectivity index (χ2n) is 7.09. The first-order valence-electron chi connectivity index (χ1n) is 9.47. The molecule has 0 radical (unpaired) electrons. The minimum Gasteiger partial charge on any atom is -0.497 e. The van der Waals surface area contributed by atoms with Crippen LogP contribution < -0.4 is 4.74 Å². The Hall–Kier alpha value is -3.02.